The molecule has 166 valence electrons. The highest BCUT2D eigenvalue weighted by Crippen LogP contribution is 2.27. The van der Waals surface area contributed by atoms with Gasteiger partial charge in [-0.2, -0.15) is 0 Å². The van der Waals surface area contributed by atoms with Crippen molar-refractivity contribution in [2.24, 2.45) is 5.92 Å². The van der Waals surface area contributed by atoms with Crippen molar-refractivity contribution in [3.05, 3.63) is 53.1 Å². The van der Waals surface area contributed by atoms with Crippen molar-refractivity contribution in [2.75, 3.05) is 24.2 Å². The number of carbonyl (C=O) groups excluding carboxylic acids is 2. The SMILES string of the molecule is Cc1cc(CNC(=O)C2CC(=O)N(C)C2)ccc1Nc1ccc(NC(C)(C)C)cc1C. The molecule has 3 N–H and O–H groups in total. The minimum absolute atomic E-state index is 0.0203. The van der Waals surface area contributed by atoms with Crippen molar-refractivity contribution >= 4 is 28.9 Å². The van der Waals surface area contributed by atoms with Crippen LogP contribution in [0.15, 0.2) is 36.4 Å². The van der Waals surface area contributed by atoms with E-state index in [0.29, 0.717) is 19.5 Å². The number of amides is 2. The predicted octanol–water partition coefficient (Wildman–Crippen LogP) is 4.35. The normalized spacial score (nSPS) is 16.4. The molecule has 2 amide bonds. The highest BCUT2D eigenvalue weighted by atomic mass is 16.2. The molecule has 1 atom stereocenters. The highest BCUT2D eigenvalue weighted by molar-refractivity contribution is 5.89. The Balaban J connectivity index is 1.61. The van der Waals surface area contributed by atoms with Gasteiger partial charge in [-0.25, -0.2) is 0 Å². The Labute approximate surface area is 185 Å². The van der Waals surface area contributed by atoms with Crippen LogP contribution in [-0.4, -0.2) is 35.8 Å². The van der Waals surface area contributed by atoms with Crippen molar-refractivity contribution in [1.82, 2.24) is 10.2 Å². The van der Waals surface area contributed by atoms with Crippen LogP contribution < -0.4 is 16.0 Å². The molecule has 31 heavy (non-hydrogen) atoms. The van der Waals surface area contributed by atoms with Crippen molar-refractivity contribution in [1.29, 1.82) is 0 Å². The Kier molecular flexibility index (Phi) is 6.58. The second-order valence-electron chi connectivity index (χ2n) is 9.57. The first kappa shape index (κ1) is 22.7. The number of aryl methyl sites for hydroxylation is 2. The first-order chi connectivity index (χ1) is 14.5. The van der Waals surface area contributed by atoms with E-state index in [1.54, 1.807) is 11.9 Å². The second kappa shape index (κ2) is 9.00. The molecule has 0 aromatic heterocycles. The average molecular weight is 423 g/mol. The van der Waals surface area contributed by atoms with Gasteiger partial charge in [-0.3, -0.25) is 9.59 Å². The molecule has 0 spiro atoms. The molecule has 1 saturated heterocycles. The minimum atomic E-state index is -0.252. The molecule has 1 aliphatic rings. The molecule has 1 heterocycles. The van der Waals surface area contributed by atoms with E-state index in [1.807, 2.05) is 12.1 Å². The van der Waals surface area contributed by atoms with Crippen LogP contribution >= 0.6 is 0 Å². The minimum Gasteiger partial charge on any atom is -0.380 e. The number of carbonyl (C=O) groups is 2. The zero-order valence-corrected chi connectivity index (χ0v) is 19.4. The van der Waals surface area contributed by atoms with Gasteiger partial charge in [0.2, 0.25) is 11.8 Å². The van der Waals surface area contributed by atoms with Gasteiger partial charge in [0, 0.05) is 49.2 Å². The predicted molar refractivity (Wildman–Crippen MR) is 127 cm³/mol. The number of nitrogens with zero attached hydrogens (tertiary/aromatic N) is 1. The van der Waals surface area contributed by atoms with E-state index in [9.17, 15) is 9.59 Å². The monoisotopic (exact) mass is 422 g/mol. The zero-order valence-electron chi connectivity index (χ0n) is 19.4. The van der Waals surface area contributed by atoms with Crippen LogP contribution in [0.4, 0.5) is 17.1 Å². The van der Waals surface area contributed by atoms with Crippen LogP contribution in [0.25, 0.3) is 0 Å². The second-order valence-corrected chi connectivity index (χ2v) is 9.57. The van der Waals surface area contributed by atoms with Crippen LogP contribution in [0, 0.1) is 19.8 Å². The lowest BCUT2D eigenvalue weighted by molar-refractivity contribution is -0.128. The molecular weight excluding hydrogens is 388 g/mol. The van der Waals surface area contributed by atoms with Gasteiger partial charge < -0.3 is 20.9 Å². The van der Waals surface area contributed by atoms with Gasteiger partial charge in [-0.05, 0) is 75.6 Å². The fourth-order valence-corrected chi connectivity index (χ4v) is 3.81. The molecule has 1 aliphatic heterocycles. The first-order valence-electron chi connectivity index (χ1n) is 10.8. The van der Waals surface area contributed by atoms with Crippen molar-refractivity contribution in [3.8, 4) is 0 Å². The Morgan fingerprint density at radius 3 is 2.26 bits per heavy atom. The van der Waals surface area contributed by atoms with Crippen LogP contribution in [0.3, 0.4) is 0 Å². The van der Waals surface area contributed by atoms with Crippen molar-refractivity contribution < 1.29 is 9.59 Å². The smallest absolute Gasteiger partial charge is 0.225 e. The molecule has 0 radical (unpaired) electrons. The van der Waals surface area contributed by atoms with Crippen LogP contribution in [-0.2, 0) is 16.1 Å². The van der Waals surface area contributed by atoms with E-state index >= 15 is 0 Å². The average Bonchev–Trinajstić information content (AvgIpc) is 3.01. The van der Waals surface area contributed by atoms with Crippen molar-refractivity contribution in [3.63, 3.8) is 0 Å². The Bertz CT molecular complexity index is 978. The third-order valence-corrected chi connectivity index (χ3v) is 5.48. The van der Waals surface area contributed by atoms with E-state index in [0.717, 1.165) is 28.2 Å². The summed E-state index contributed by atoms with van der Waals surface area (Å²) >= 11 is 0. The summed E-state index contributed by atoms with van der Waals surface area (Å²) in [5, 5.41) is 9.98. The standard InChI is InChI=1S/C25H34N4O2/c1-16-11-18(14-26-24(31)19-13-23(30)29(6)15-19)7-9-21(16)27-22-10-8-20(12-17(22)2)28-25(3,4)5/h7-12,19,27-28H,13-15H2,1-6H3,(H,26,31). The molecule has 0 saturated carbocycles. The Morgan fingerprint density at radius 1 is 1.06 bits per heavy atom. The number of rotatable bonds is 6. The fourth-order valence-electron chi connectivity index (χ4n) is 3.81. The maximum atomic E-state index is 12.3. The lowest BCUT2D eigenvalue weighted by atomic mass is 10.1. The fraction of sp³-hybridized carbons (Fsp3) is 0.440. The summed E-state index contributed by atoms with van der Waals surface area (Å²) in [6.45, 7) is 11.6. The Hall–Kier alpha value is -3.02. The van der Waals surface area contributed by atoms with Gasteiger partial charge in [-0.15, -0.1) is 0 Å². The van der Waals surface area contributed by atoms with E-state index in [4.69, 9.17) is 0 Å². The maximum absolute atomic E-state index is 12.3. The Morgan fingerprint density at radius 2 is 1.71 bits per heavy atom. The van der Waals surface area contributed by atoms with Gasteiger partial charge in [0.15, 0.2) is 0 Å². The summed E-state index contributed by atoms with van der Waals surface area (Å²) in [5.41, 5.74) is 6.55. The third-order valence-electron chi connectivity index (χ3n) is 5.48. The summed E-state index contributed by atoms with van der Waals surface area (Å²) in [4.78, 5) is 25.6. The lowest BCUT2D eigenvalue weighted by Crippen LogP contribution is -2.31. The molecule has 0 aliphatic carbocycles. The topological polar surface area (TPSA) is 73.5 Å². The van der Waals surface area contributed by atoms with E-state index < -0.39 is 0 Å². The number of anilines is 3. The largest absolute Gasteiger partial charge is 0.380 e. The molecule has 6 nitrogen and oxygen atoms in total. The number of likely N-dealkylation sites (tertiary alicyclic amines) is 1. The van der Waals surface area contributed by atoms with Crippen molar-refractivity contribution in [2.45, 2.75) is 53.1 Å². The summed E-state index contributed by atoms with van der Waals surface area (Å²) in [5.74, 6) is -0.278. The number of hydrogen-bond donors (Lipinski definition) is 3. The van der Waals surface area contributed by atoms with Gasteiger partial charge >= 0.3 is 0 Å². The van der Waals surface area contributed by atoms with Crippen LogP contribution in [0.2, 0.25) is 0 Å². The van der Waals surface area contributed by atoms with Gasteiger partial charge in [0.25, 0.3) is 0 Å². The highest BCUT2D eigenvalue weighted by Gasteiger charge is 2.31. The number of benzene rings is 2. The molecular formula is C25H34N4O2. The molecule has 2 aromatic carbocycles. The molecule has 3 rings (SSSR count). The first-order valence-corrected chi connectivity index (χ1v) is 10.8. The van der Waals surface area contributed by atoms with Gasteiger partial charge in [0.1, 0.15) is 0 Å². The zero-order chi connectivity index (χ0) is 22.8. The molecule has 1 fully saturated rings. The lowest BCUT2D eigenvalue weighted by Gasteiger charge is -2.23. The van der Waals surface area contributed by atoms with E-state index in [-0.39, 0.29) is 23.3 Å². The van der Waals surface area contributed by atoms with Crippen LogP contribution in [0.5, 0.6) is 0 Å². The number of nitrogens with one attached hydrogen (secondary N) is 3. The molecule has 1 unspecified atom stereocenters. The van der Waals surface area contributed by atoms with Crippen LogP contribution in [0.1, 0.15) is 43.9 Å². The summed E-state index contributed by atoms with van der Waals surface area (Å²) in [6, 6.07) is 12.5. The number of hydrogen-bond acceptors (Lipinski definition) is 4. The summed E-state index contributed by atoms with van der Waals surface area (Å²) in [7, 11) is 1.74. The third kappa shape index (κ3) is 6.00. The molecule has 2 aromatic rings. The summed E-state index contributed by atoms with van der Waals surface area (Å²) < 4.78 is 0. The van der Waals surface area contributed by atoms with Gasteiger partial charge in [0.05, 0.1) is 5.92 Å². The maximum Gasteiger partial charge on any atom is 0.225 e. The summed E-state index contributed by atoms with van der Waals surface area (Å²) in [6.07, 6.45) is 0.299. The van der Waals surface area contributed by atoms with E-state index in [2.05, 4.69) is 74.8 Å². The van der Waals surface area contributed by atoms with E-state index in [1.165, 1.54) is 5.56 Å². The quantitative estimate of drug-likeness (QED) is 0.647. The van der Waals surface area contributed by atoms with Gasteiger partial charge in [-0.1, -0.05) is 12.1 Å². The molecule has 6 heteroatoms. The molecule has 0 bridgehead atoms.